The fraction of sp³-hybridized carbons (Fsp3) is 0.312. The highest BCUT2D eigenvalue weighted by Crippen LogP contribution is 2.18. The second-order valence-corrected chi connectivity index (χ2v) is 5.82. The number of primary amides is 1. The van der Waals surface area contributed by atoms with Crippen LogP contribution in [0.4, 0.5) is 14.9 Å². The SMILES string of the molecule is NC(=O)C1CCN(C(=O)Nc2c[nH]c3ccc(F)cc3c2=O)CC1. The number of hydrogen-bond donors (Lipinski definition) is 3. The summed E-state index contributed by atoms with van der Waals surface area (Å²) in [6.45, 7) is 0.777. The zero-order chi connectivity index (χ0) is 17.3. The number of urea groups is 1. The van der Waals surface area contributed by atoms with E-state index in [-0.39, 0.29) is 22.9 Å². The Labute approximate surface area is 136 Å². The Hall–Kier alpha value is -2.90. The number of piperidine rings is 1. The molecule has 0 radical (unpaired) electrons. The molecule has 7 nitrogen and oxygen atoms in total. The number of carbonyl (C=O) groups excluding carboxylic acids is 2. The van der Waals surface area contributed by atoms with E-state index in [9.17, 15) is 18.8 Å². The van der Waals surface area contributed by atoms with Crippen molar-refractivity contribution in [1.82, 2.24) is 9.88 Å². The number of rotatable bonds is 2. The number of hydrogen-bond acceptors (Lipinski definition) is 3. The number of aromatic nitrogens is 1. The lowest BCUT2D eigenvalue weighted by Gasteiger charge is -2.30. The smallest absolute Gasteiger partial charge is 0.321 e. The number of fused-ring (bicyclic) bond motifs is 1. The van der Waals surface area contributed by atoms with Crippen molar-refractivity contribution in [1.29, 1.82) is 0 Å². The second kappa shape index (κ2) is 6.31. The van der Waals surface area contributed by atoms with Crippen LogP contribution in [0.2, 0.25) is 0 Å². The van der Waals surface area contributed by atoms with Crippen molar-refractivity contribution in [2.75, 3.05) is 18.4 Å². The average molecular weight is 332 g/mol. The second-order valence-electron chi connectivity index (χ2n) is 5.82. The summed E-state index contributed by atoms with van der Waals surface area (Å²) in [6, 6.07) is 3.41. The van der Waals surface area contributed by atoms with Gasteiger partial charge >= 0.3 is 6.03 Å². The molecule has 3 amide bonds. The van der Waals surface area contributed by atoms with Gasteiger partial charge < -0.3 is 20.9 Å². The summed E-state index contributed by atoms with van der Waals surface area (Å²) in [6.07, 6.45) is 2.39. The van der Waals surface area contributed by atoms with Crippen LogP contribution in [0.15, 0.2) is 29.2 Å². The van der Waals surface area contributed by atoms with Crippen molar-refractivity contribution in [3.8, 4) is 0 Å². The Morgan fingerprint density at radius 2 is 2.00 bits per heavy atom. The highest BCUT2D eigenvalue weighted by Gasteiger charge is 2.26. The molecule has 0 unspecified atom stereocenters. The first-order valence-corrected chi connectivity index (χ1v) is 7.62. The number of halogens is 1. The predicted octanol–water partition coefficient (Wildman–Crippen LogP) is 1.40. The summed E-state index contributed by atoms with van der Waals surface area (Å²) in [4.78, 5) is 40.2. The van der Waals surface area contributed by atoms with Crippen molar-refractivity contribution in [3.63, 3.8) is 0 Å². The third-order valence-electron chi connectivity index (χ3n) is 4.27. The van der Waals surface area contributed by atoms with E-state index in [0.717, 1.165) is 6.07 Å². The van der Waals surface area contributed by atoms with E-state index in [2.05, 4.69) is 10.3 Å². The van der Waals surface area contributed by atoms with Crippen molar-refractivity contribution in [3.05, 3.63) is 40.4 Å². The lowest BCUT2D eigenvalue weighted by Crippen LogP contribution is -2.44. The van der Waals surface area contributed by atoms with Crippen LogP contribution in [-0.2, 0) is 4.79 Å². The highest BCUT2D eigenvalue weighted by molar-refractivity contribution is 5.92. The molecule has 0 aliphatic carbocycles. The number of H-pyrrole nitrogens is 1. The molecule has 4 N–H and O–H groups in total. The molecule has 1 aromatic heterocycles. The summed E-state index contributed by atoms with van der Waals surface area (Å²) in [5.74, 6) is -1.10. The van der Waals surface area contributed by atoms with Crippen molar-refractivity contribution >= 4 is 28.5 Å². The maximum absolute atomic E-state index is 13.3. The zero-order valence-corrected chi connectivity index (χ0v) is 12.8. The van der Waals surface area contributed by atoms with E-state index in [1.807, 2.05) is 0 Å². The van der Waals surface area contributed by atoms with Gasteiger partial charge in [-0.1, -0.05) is 0 Å². The van der Waals surface area contributed by atoms with Crippen LogP contribution < -0.4 is 16.5 Å². The number of likely N-dealkylation sites (tertiary alicyclic amines) is 1. The third-order valence-corrected chi connectivity index (χ3v) is 4.27. The van der Waals surface area contributed by atoms with E-state index in [1.54, 1.807) is 0 Å². The molecular weight excluding hydrogens is 315 g/mol. The Balaban J connectivity index is 1.75. The van der Waals surface area contributed by atoms with E-state index in [0.29, 0.717) is 31.4 Å². The maximum atomic E-state index is 13.3. The number of amides is 3. The van der Waals surface area contributed by atoms with Gasteiger partial charge in [0.2, 0.25) is 11.3 Å². The summed E-state index contributed by atoms with van der Waals surface area (Å²) in [5, 5.41) is 2.71. The van der Waals surface area contributed by atoms with Crippen LogP contribution in [0.1, 0.15) is 12.8 Å². The van der Waals surface area contributed by atoms with Gasteiger partial charge in [0.25, 0.3) is 0 Å². The summed E-state index contributed by atoms with van der Waals surface area (Å²) in [7, 11) is 0. The molecule has 1 aliphatic heterocycles. The third kappa shape index (κ3) is 3.08. The maximum Gasteiger partial charge on any atom is 0.321 e. The van der Waals surface area contributed by atoms with Gasteiger partial charge in [-0.2, -0.15) is 0 Å². The topological polar surface area (TPSA) is 108 Å². The number of nitrogens with two attached hydrogens (primary N) is 1. The van der Waals surface area contributed by atoms with Crippen LogP contribution in [-0.4, -0.2) is 34.9 Å². The highest BCUT2D eigenvalue weighted by atomic mass is 19.1. The van der Waals surface area contributed by atoms with Gasteiger partial charge in [-0.25, -0.2) is 9.18 Å². The Kier molecular flexibility index (Phi) is 4.20. The number of aromatic amines is 1. The predicted molar refractivity (Wildman–Crippen MR) is 87.0 cm³/mol. The first-order chi connectivity index (χ1) is 11.5. The lowest BCUT2D eigenvalue weighted by molar-refractivity contribution is -0.122. The van der Waals surface area contributed by atoms with Gasteiger partial charge in [0.15, 0.2) is 0 Å². The minimum Gasteiger partial charge on any atom is -0.369 e. The number of nitrogens with one attached hydrogen (secondary N) is 2. The van der Waals surface area contributed by atoms with Gasteiger partial charge in [0.05, 0.1) is 5.39 Å². The normalized spacial score (nSPS) is 15.5. The van der Waals surface area contributed by atoms with E-state index in [4.69, 9.17) is 5.73 Å². The Morgan fingerprint density at radius 3 is 2.67 bits per heavy atom. The van der Waals surface area contributed by atoms with Crippen LogP contribution in [0.25, 0.3) is 10.9 Å². The first-order valence-electron chi connectivity index (χ1n) is 7.62. The fourth-order valence-electron chi connectivity index (χ4n) is 2.84. The van der Waals surface area contributed by atoms with Gasteiger partial charge in [0, 0.05) is 30.7 Å². The average Bonchev–Trinajstić information content (AvgIpc) is 2.58. The molecule has 1 aromatic carbocycles. The van der Waals surface area contributed by atoms with Crippen LogP contribution >= 0.6 is 0 Å². The molecule has 1 saturated heterocycles. The van der Waals surface area contributed by atoms with Crippen molar-refractivity contribution in [2.24, 2.45) is 11.7 Å². The monoisotopic (exact) mass is 332 g/mol. The molecule has 0 spiro atoms. The molecule has 0 atom stereocenters. The molecule has 0 bridgehead atoms. The molecule has 126 valence electrons. The molecular formula is C16H17FN4O3. The molecule has 1 fully saturated rings. The van der Waals surface area contributed by atoms with Crippen molar-refractivity contribution in [2.45, 2.75) is 12.8 Å². The minimum atomic E-state index is -0.523. The summed E-state index contributed by atoms with van der Waals surface area (Å²) >= 11 is 0. The van der Waals surface area contributed by atoms with E-state index >= 15 is 0 Å². The van der Waals surface area contributed by atoms with Gasteiger partial charge in [-0.05, 0) is 31.0 Å². The standard InChI is InChI=1S/C16H17FN4O3/c17-10-1-2-12-11(7-10)14(22)13(8-19-12)20-16(24)21-5-3-9(4-6-21)15(18)23/h1-2,7-9H,3-6H2,(H2,18,23)(H,19,22)(H,20,24). The molecule has 1 aliphatic rings. The van der Waals surface area contributed by atoms with E-state index < -0.39 is 17.3 Å². The quantitative estimate of drug-likeness (QED) is 0.773. The number of anilines is 1. The van der Waals surface area contributed by atoms with Crippen LogP contribution in [0.5, 0.6) is 0 Å². The van der Waals surface area contributed by atoms with E-state index in [1.165, 1.54) is 23.2 Å². The van der Waals surface area contributed by atoms with Gasteiger partial charge in [-0.15, -0.1) is 0 Å². The largest absolute Gasteiger partial charge is 0.369 e. The molecule has 24 heavy (non-hydrogen) atoms. The molecule has 0 saturated carbocycles. The van der Waals surface area contributed by atoms with Crippen molar-refractivity contribution < 1.29 is 14.0 Å². The zero-order valence-electron chi connectivity index (χ0n) is 12.8. The van der Waals surface area contributed by atoms with Crippen LogP contribution in [0, 0.1) is 11.7 Å². The number of nitrogens with zero attached hydrogens (tertiary/aromatic N) is 1. The number of pyridine rings is 1. The molecule has 3 rings (SSSR count). The summed E-state index contributed by atoms with van der Waals surface area (Å²) < 4.78 is 13.3. The first kappa shape index (κ1) is 16.0. The lowest BCUT2D eigenvalue weighted by atomic mass is 9.96. The molecule has 8 heteroatoms. The molecule has 2 aromatic rings. The minimum absolute atomic E-state index is 0.0510. The van der Waals surface area contributed by atoms with Gasteiger partial charge in [-0.3, -0.25) is 9.59 Å². The number of carbonyl (C=O) groups is 2. The van der Waals surface area contributed by atoms with Gasteiger partial charge in [0.1, 0.15) is 11.5 Å². The summed E-state index contributed by atoms with van der Waals surface area (Å²) in [5.41, 5.74) is 5.35. The fourth-order valence-corrected chi connectivity index (χ4v) is 2.84. The Bertz CT molecular complexity index is 856. The Morgan fingerprint density at radius 1 is 1.29 bits per heavy atom. The molecule has 2 heterocycles. The van der Waals surface area contributed by atoms with Crippen LogP contribution in [0.3, 0.4) is 0 Å². The number of benzene rings is 1.